The molecular weight excluding hydrogens is 206 g/mol. The highest BCUT2D eigenvalue weighted by Crippen LogP contribution is 2.18. The van der Waals surface area contributed by atoms with E-state index in [1.807, 2.05) is 20.8 Å². The minimum atomic E-state index is -0.0344. The van der Waals surface area contributed by atoms with Crippen LogP contribution in [0.2, 0.25) is 0 Å². The zero-order valence-electron chi connectivity index (χ0n) is 9.60. The van der Waals surface area contributed by atoms with E-state index >= 15 is 0 Å². The average Bonchev–Trinajstić information content (AvgIpc) is 2.71. The van der Waals surface area contributed by atoms with Crippen molar-refractivity contribution < 1.29 is 5.11 Å². The van der Waals surface area contributed by atoms with E-state index in [2.05, 4.69) is 20.4 Å². The van der Waals surface area contributed by atoms with Crippen LogP contribution in [0.5, 0.6) is 0 Å². The van der Waals surface area contributed by atoms with E-state index in [4.69, 9.17) is 5.11 Å². The standard InChI is InChI=1S/C10H15N5O/c1-6(4-16)13-9-7(2)8(3)14-10-11-5-12-15(9)10/h5-6,13,16H,4H2,1-3H3/t6-/m0/s1. The first-order chi connectivity index (χ1) is 7.63. The molecule has 0 saturated heterocycles. The summed E-state index contributed by atoms with van der Waals surface area (Å²) in [7, 11) is 0. The second kappa shape index (κ2) is 4.05. The van der Waals surface area contributed by atoms with Crippen molar-refractivity contribution in [2.24, 2.45) is 0 Å². The molecule has 2 rings (SSSR count). The Morgan fingerprint density at radius 2 is 2.25 bits per heavy atom. The Hall–Kier alpha value is -1.69. The van der Waals surface area contributed by atoms with E-state index in [0.717, 1.165) is 17.1 Å². The predicted octanol–water partition coefficient (Wildman–Crippen LogP) is 0.534. The lowest BCUT2D eigenvalue weighted by atomic mass is 10.2. The Bertz CT molecular complexity index is 507. The molecule has 2 heterocycles. The number of aliphatic hydroxyl groups excluding tert-OH is 1. The van der Waals surface area contributed by atoms with Crippen LogP contribution in [0, 0.1) is 13.8 Å². The number of fused-ring (bicyclic) bond motifs is 1. The van der Waals surface area contributed by atoms with Gasteiger partial charge in [-0.05, 0) is 20.8 Å². The van der Waals surface area contributed by atoms with Crippen LogP contribution in [0.25, 0.3) is 5.78 Å². The number of anilines is 1. The molecule has 0 amide bonds. The summed E-state index contributed by atoms with van der Waals surface area (Å²) in [5.41, 5.74) is 1.92. The van der Waals surface area contributed by atoms with Crippen molar-refractivity contribution in [2.75, 3.05) is 11.9 Å². The first-order valence-corrected chi connectivity index (χ1v) is 5.17. The zero-order chi connectivity index (χ0) is 11.7. The summed E-state index contributed by atoms with van der Waals surface area (Å²) in [6.45, 7) is 5.86. The Balaban J connectivity index is 2.55. The number of hydrogen-bond acceptors (Lipinski definition) is 5. The van der Waals surface area contributed by atoms with Crippen LogP contribution < -0.4 is 5.32 Å². The molecule has 0 spiro atoms. The third-order valence-corrected chi connectivity index (χ3v) is 2.56. The molecular formula is C10H15N5O. The number of hydrogen-bond donors (Lipinski definition) is 2. The van der Waals surface area contributed by atoms with E-state index < -0.39 is 0 Å². The van der Waals surface area contributed by atoms with Crippen LogP contribution >= 0.6 is 0 Å². The lowest BCUT2D eigenvalue weighted by Crippen LogP contribution is -2.22. The molecule has 6 nitrogen and oxygen atoms in total. The molecule has 0 aliphatic carbocycles. The van der Waals surface area contributed by atoms with Crippen molar-refractivity contribution >= 4 is 11.6 Å². The maximum atomic E-state index is 9.06. The monoisotopic (exact) mass is 221 g/mol. The summed E-state index contributed by atoms with van der Waals surface area (Å²) in [6.07, 6.45) is 1.47. The van der Waals surface area contributed by atoms with Crippen LogP contribution in [0.4, 0.5) is 5.82 Å². The van der Waals surface area contributed by atoms with Crippen molar-refractivity contribution in [1.82, 2.24) is 19.6 Å². The fourth-order valence-electron chi connectivity index (χ4n) is 1.48. The molecule has 0 radical (unpaired) electrons. The normalized spacial score (nSPS) is 13.0. The molecule has 86 valence electrons. The summed E-state index contributed by atoms with van der Waals surface area (Å²) in [4.78, 5) is 8.37. The van der Waals surface area contributed by atoms with Gasteiger partial charge in [-0.25, -0.2) is 4.98 Å². The minimum Gasteiger partial charge on any atom is -0.394 e. The lowest BCUT2D eigenvalue weighted by molar-refractivity contribution is 0.281. The number of nitrogens with one attached hydrogen (secondary N) is 1. The highest BCUT2D eigenvalue weighted by Gasteiger charge is 2.12. The first kappa shape index (κ1) is 10.8. The van der Waals surface area contributed by atoms with Crippen molar-refractivity contribution in [3.63, 3.8) is 0 Å². The maximum absolute atomic E-state index is 9.06. The summed E-state index contributed by atoms with van der Waals surface area (Å²) >= 11 is 0. The van der Waals surface area contributed by atoms with Gasteiger partial charge in [0.1, 0.15) is 12.1 Å². The van der Waals surface area contributed by atoms with Crippen LogP contribution in [0.1, 0.15) is 18.2 Å². The molecule has 6 heteroatoms. The Morgan fingerprint density at radius 1 is 1.50 bits per heavy atom. The topological polar surface area (TPSA) is 75.3 Å². The fraction of sp³-hybridized carbons (Fsp3) is 0.500. The van der Waals surface area contributed by atoms with Gasteiger partial charge in [0.05, 0.1) is 6.61 Å². The molecule has 1 atom stereocenters. The van der Waals surface area contributed by atoms with Gasteiger partial charge in [0.15, 0.2) is 0 Å². The summed E-state index contributed by atoms with van der Waals surface area (Å²) in [5, 5.41) is 16.4. The number of aryl methyl sites for hydroxylation is 1. The Morgan fingerprint density at radius 3 is 2.94 bits per heavy atom. The smallest absolute Gasteiger partial charge is 0.254 e. The molecule has 2 aromatic heterocycles. The van der Waals surface area contributed by atoms with E-state index in [1.165, 1.54) is 6.33 Å². The van der Waals surface area contributed by atoms with Gasteiger partial charge >= 0.3 is 0 Å². The molecule has 16 heavy (non-hydrogen) atoms. The van der Waals surface area contributed by atoms with Crippen LogP contribution in [-0.4, -0.2) is 37.3 Å². The largest absolute Gasteiger partial charge is 0.394 e. The second-order valence-corrected chi connectivity index (χ2v) is 3.87. The average molecular weight is 221 g/mol. The third kappa shape index (κ3) is 1.71. The van der Waals surface area contributed by atoms with Crippen LogP contribution in [0.15, 0.2) is 6.33 Å². The van der Waals surface area contributed by atoms with Gasteiger partial charge in [-0.1, -0.05) is 0 Å². The molecule has 0 fully saturated rings. The minimum absolute atomic E-state index is 0.0344. The van der Waals surface area contributed by atoms with Crippen molar-refractivity contribution in [3.05, 3.63) is 17.6 Å². The second-order valence-electron chi connectivity index (χ2n) is 3.87. The van der Waals surface area contributed by atoms with Crippen molar-refractivity contribution in [1.29, 1.82) is 0 Å². The van der Waals surface area contributed by atoms with E-state index in [1.54, 1.807) is 4.52 Å². The fourth-order valence-corrected chi connectivity index (χ4v) is 1.48. The number of rotatable bonds is 3. The summed E-state index contributed by atoms with van der Waals surface area (Å²) in [6, 6.07) is -0.0344. The van der Waals surface area contributed by atoms with Gasteiger partial charge in [0.25, 0.3) is 5.78 Å². The SMILES string of the molecule is Cc1nc2ncnn2c(N[C@@H](C)CO)c1C. The number of aliphatic hydroxyl groups is 1. The molecule has 0 aromatic carbocycles. The maximum Gasteiger partial charge on any atom is 0.254 e. The summed E-state index contributed by atoms with van der Waals surface area (Å²) < 4.78 is 1.65. The molecule has 2 aromatic rings. The third-order valence-electron chi connectivity index (χ3n) is 2.56. The number of aromatic nitrogens is 4. The quantitative estimate of drug-likeness (QED) is 0.791. The molecule has 0 saturated carbocycles. The molecule has 0 aliphatic rings. The molecule has 0 aliphatic heterocycles. The van der Waals surface area contributed by atoms with Crippen LogP contribution in [-0.2, 0) is 0 Å². The van der Waals surface area contributed by atoms with Gasteiger partial charge in [0, 0.05) is 17.3 Å². The molecule has 0 unspecified atom stereocenters. The highest BCUT2D eigenvalue weighted by molar-refractivity contribution is 5.52. The predicted molar refractivity (Wildman–Crippen MR) is 60.4 cm³/mol. The lowest BCUT2D eigenvalue weighted by Gasteiger charge is -2.16. The number of nitrogens with zero attached hydrogens (tertiary/aromatic N) is 4. The summed E-state index contributed by atoms with van der Waals surface area (Å²) in [5.74, 6) is 1.40. The Kier molecular flexibility index (Phi) is 2.74. The van der Waals surface area contributed by atoms with Gasteiger partial charge in [-0.3, -0.25) is 0 Å². The van der Waals surface area contributed by atoms with E-state index in [9.17, 15) is 0 Å². The van der Waals surface area contributed by atoms with E-state index in [-0.39, 0.29) is 12.6 Å². The first-order valence-electron chi connectivity index (χ1n) is 5.17. The van der Waals surface area contributed by atoms with Crippen molar-refractivity contribution in [2.45, 2.75) is 26.8 Å². The zero-order valence-corrected chi connectivity index (χ0v) is 9.60. The Labute approximate surface area is 93.3 Å². The van der Waals surface area contributed by atoms with E-state index in [0.29, 0.717) is 5.78 Å². The highest BCUT2D eigenvalue weighted by atomic mass is 16.3. The molecule has 0 bridgehead atoms. The van der Waals surface area contributed by atoms with Gasteiger partial charge in [-0.15, -0.1) is 0 Å². The van der Waals surface area contributed by atoms with Gasteiger partial charge < -0.3 is 10.4 Å². The van der Waals surface area contributed by atoms with Gasteiger partial charge in [0.2, 0.25) is 0 Å². The molecule has 2 N–H and O–H groups in total. The van der Waals surface area contributed by atoms with Crippen LogP contribution in [0.3, 0.4) is 0 Å². The van der Waals surface area contributed by atoms with Crippen molar-refractivity contribution in [3.8, 4) is 0 Å². The van der Waals surface area contributed by atoms with Gasteiger partial charge in [-0.2, -0.15) is 14.6 Å².